The number of amides is 1. The number of likely N-dealkylation sites (N-methyl/N-ethyl adjacent to an activating group) is 1. The van der Waals surface area contributed by atoms with Gasteiger partial charge in [0.2, 0.25) is 0 Å². The summed E-state index contributed by atoms with van der Waals surface area (Å²) in [7, 11) is -1.72. The average Bonchev–Trinajstić information content (AvgIpc) is 3.28. The van der Waals surface area contributed by atoms with E-state index in [-0.39, 0.29) is 29.0 Å². The van der Waals surface area contributed by atoms with Gasteiger partial charge in [-0.05, 0) is 55.9 Å². The number of hydrogen-bond acceptors (Lipinski definition) is 7. The van der Waals surface area contributed by atoms with Crippen molar-refractivity contribution in [3.8, 4) is 5.75 Å². The molecule has 7 nitrogen and oxygen atoms in total. The number of fused-ring (bicyclic) bond motifs is 1. The number of carbonyl (C=O) groups is 1. The largest absolute Gasteiger partial charge is 0.494 e. The van der Waals surface area contributed by atoms with E-state index in [9.17, 15) is 13.2 Å². The number of anilines is 1. The number of hydrogen-bond donors (Lipinski definition) is 0. The van der Waals surface area contributed by atoms with Gasteiger partial charge in [-0.3, -0.25) is 9.69 Å². The van der Waals surface area contributed by atoms with Gasteiger partial charge in [-0.2, -0.15) is 0 Å². The van der Waals surface area contributed by atoms with E-state index in [1.165, 1.54) is 23.5 Å². The SMILES string of the molecule is CCN(CC)CCN(C(=O)c1ccc(S(=O)(=O)CC)cc1)c1nc2c(OC)ccc(C)c2s1.Cl. The van der Waals surface area contributed by atoms with Crippen LogP contribution in [0.4, 0.5) is 5.13 Å². The molecule has 0 fully saturated rings. The van der Waals surface area contributed by atoms with E-state index >= 15 is 0 Å². The lowest BCUT2D eigenvalue weighted by Gasteiger charge is -2.24. The van der Waals surface area contributed by atoms with Crippen molar-refractivity contribution >= 4 is 54.8 Å². The van der Waals surface area contributed by atoms with Gasteiger partial charge in [0.05, 0.1) is 22.5 Å². The molecule has 0 unspecified atom stereocenters. The normalized spacial score (nSPS) is 11.5. The summed E-state index contributed by atoms with van der Waals surface area (Å²) < 4.78 is 30.8. The van der Waals surface area contributed by atoms with Crippen LogP contribution in [0, 0.1) is 6.92 Å². The van der Waals surface area contributed by atoms with Gasteiger partial charge in [0.1, 0.15) is 11.3 Å². The Bertz CT molecular complexity index is 1220. The summed E-state index contributed by atoms with van der Waals surface area (Å²) in [5.41, 5.74) is 2.23. The molecule has 34 heavy (non-hydrogen) atoms. The zero-order valence-electron chi connectivity index (χ0n) is 20.2. The smallest absolute Gasteiger partial charge is 0.260 e. The number of halogens is 1. The number of benzene rings is 2. The van der Waals surface area contributed by atoms with Gasteiger partial charge in [0.15, 0.2) is 15.0 Å². The molecule has 0 saturated carbocycles. The topological polar surface area (TPSA) is 79.8 Å². The number of nitrogens with zero attached hydrogens (tertiary/aromatic N) is 3. The molecule has 0 spiro atoms. The van der Waals surface area contributed by atoms with Crippen molar-refractivity contribution in [3.63, 3.8) is 0 Å². The quantitative estimate of drug-likeness (QED) is 0.377. The highest BCUT2D eigenvalue weighted by molar-refractivity contribution is 7.91. The van der Waals surface area contributed by atoms with Crippen LogP contribution in [0.15, 0.2) is 41.3 Å². The fraction of sp³-hybridized carbons (Fsp3) is 0.417. The summed E-state index contributed by atoms with van der Waals surface area (Å²) in [6.07, 6.45) is 0. The third kappa shape index (κ3) is 5.89. The van der Waals surface area contributed by atoms with E-state index in [1.807, 2.05) is 19.1 Å². The zero-order valence-corrected chi connectivity index (χ0v) is 22.6. The van der Waals surface area contributed by atoms with E-state index < -0.39 is 9.84 Å². The Morgan fingerprint density at radius 2 is 1.68 bits per heavy atom. The molecule has 0 aliphatic heterocycles. The monoisotopic (exact) mass is 525 g/mol. The number of thiazole rings is 1. The standard InChI is InChI=1S/C24H31N3O4S2.ClH/c1-6-26(7-2)15-16-27(23(28)18-10-12-19(13-11-18)33(29,30)8-3)24-25-21-20(31-5)14-9-17(4)22(21)32-24;/h9-14H,6-8,15-16H2,1-5H3;1H. The average molecular weight is 526 g/mol. The van der Waals surface area contributed by atoms with Crippen molar-refractivity contribution < 1.29 is 17.9 Å². The first kappa shape index (κ1) is 28.0. The molecule has 0 bridgehead atoms. The maximum atomic E-state index is 13.6. The van der Waals surface area contributed by atoms with Crippen LogP contribution in [-0.4, -0.2) is 63.3 Å². The lowest BCUT2D eigenvalue weighted by Crippen LogP contribution is -2.38. The highest BCUT2D eigenvalue weighted by atomic mass is 35.5. The van der Waals surface area contributed by atoms with Crippen LogP contribution in [0.2, 0.25) is 0 Å². The second-order valence-electron chi connectivity index (χ2n) is 7.67. The van der Waals surface area contributed by atoms with Crippen molar-refractivity contribution in [1.29, 1.82) is 0 Å². The van der Waals surface area contributed by atoms with Gasteiger partial charge >= 0.3 is 0 Å². The minimum Gasteiger partial charge on any atom is -0.494 e. The first-order chi connectivity index (χ1) is 15.7. The number of methoxy groups -OCH3 is 1. The number of rotatable bonds is 10. The Hall–Kier alpha value is -2.20. The van der Waals surface area contributed by atoms with Crippen LogP contribution >= 0.6 is 23.7 Å². The second-order valence-corrected chi connectivity index (χ2v) is 10.9. The molecule has 0 aliphatic carbocycles. The molecule has 1 heterocycles. The Morgan fingerprint density at radius 3 is 2.24 bits per heavy atom. The molecule has 0 radical (unpaired) electrons. The summed E-state index contributed by atoms with van der Waals surface area (Å²) >= 11 is 1.46. The van der Waals surface area contributed by atoms with E-state index in [1.54, 1.807) is 31.1 Å². The van der Waals surface area contributed by atoms with Gasteiger partial charge in [-0.15, -0.1) is 12.4 Å². The molecule has 0 atom stereocenters. The Kier molecular flexibility index (Phi) is 9.87. The fourth-order valence-electron chi connectivity index (χ4n) is 3.57. The van der Waals surface area contributed by atoms with Gasteiger partial charge in [-0.25, -0.2) is 13.4 Å². The summed E-state index contributed by atoms with van der Waals surface area (Å²) in [5, 5.41) is 0.597. The van der Waals surface area contributed by atoms with Crippen molar-refractivity contribution in [2.45, 2.75) is 32.6 Å². The number of carbonyl (C=O) groups excluding carboxylic acids is 1. The Morgan fingerprint density at radius 1 is 1.03 bits per heavy atom. The van der Waals surface area contributed by atoms with Crippen molar-refractivity contribution in [1.82, 2.24) is 9.88 Å². The van der Waals surface area contributed by atoms with Gasteiger partial charge in [0.25, 0.3) is 5.91 Å². The molecule has 3 aromatic rings. The van der Waals surface area contributed by atoms with Gasteiger partial charge in [0, 0.05) is 18.7 Å². The van der Waals surface area contributed by atoms with Crippen LogP contribution in [-0.2, 0) is 9.84 Å². The molecule has 1 amide bonds. The van der Waals surface area contributed by atoms with Crippen LogP contribution in [0.1, 0.15) is 36.7 Å². The first-order valence-electron chi connectivity index (χ1n) is 11.1. The van der Waals surface area contributed by atoms with Crippen LogP contribution in [0.3, 0.4) is 0 Å². The van der Waals surface area contributed by atoms with Crippen LogP contribution < -0.4 is 9.64 Å². The third-order valence-corrected chi connectivity index (χ3v) is 8.73. The van der Waals surface area contributed by atoms with E-state index in [0.29, 0.717) is 29.5 Å². The van der Waals surface area contributed by atoms with E-state index in [2.05, 4.69) is 18.7 Å². The lowest BCUT2D eigenvalue weighted by atomic mass is 10.2. The molecular formula is C24H32ClN3O4S2. The van der Waals surface area contributed by atoms with E-state index in [0.717, 1.165) is 28.9 Å². The molecule has 3 rings (SSSR count). The molecule has 0 saturated heterocycles. The maximum Gasteiger partial charge on any atom is 0.260 e. The lowest BCUT2D eigenvalue weighted by molar-refractivity contribution is 0.0983. The minimum atomic E-state index is -3.33. The minimum absolute atomic E-state index is 0. The third-order valence-electron chi connectivity index (χ3n) is 5.76. The molecule has 0 aliphatic rings. The number of ether oxygens (including phenoxy) is 1. The predicted molar refractivity (Wildman–Crippen MR) is 142 cm³/mol. The summed E-state index contributed by atoms with van der Waals surface area (Å²) in [6.45, 7) is 10.7. The predicted octanol–water partition coefficient (Wildman–Crippen LogP) is 4.82. The zero-order chi connectivity index (χ0) is 24.2. The van der Waals surface area contributed by atoms with Crippen LogP contribution in [0.25, 0.3) is 10.2 Å². The summed E-state index contributed by atoms with van der Waals surface area (Å²) in [6, 6.07) is 10.0. The van der Waals surface area contributed by atoms with Crippen molar-refractivity contribution in [2.75, 3.05) is 43.9 Å². The summed E-state index contributed by atoms with van der Waals surface area (Å²) in [5.74, 6) is 0.477. The number of aryl methyl sites for hydroxylation is 1. The molecular weight excluding hydrogens is 494 g/mol. The second kappa shape index (κ2) is 12.0. The van der Waals surface area contributed by atoms with Gasteiger partial charge < -0.3 is 9.64 Å². The molecule has 186 valence electrons. The number of sulfone groups is 1. The van der Waals surface area contributed by atoms with Crippen molar-refractivity contribution in [2.24, 2.45) is 0 Å². The molecule has 2 aromatic carbocycles. The van der Waals surface area contributed by atoms with E-state index in [4.69, 9.17) is 9.72 Å². The maximum absolute atomic E-state index is 13.6. The fourth-order valence-corrected chi connectivity index (χ4v) is 5.53. The Balaban J connectivity index is 0.00000408. The molecule has 1 aromatic heterocycles. The van der Waals surface area contributed by atoms with Crippen molar-refractivity contribution in [3.05, 3.63) is 47.5 Å². The highest BCUT2D eigenvalue weighted by Crippen LogP contribution is 2.36. The Labute approximate surface area is 212 Å². The van der Waals surface area contributed by atoms with Gasteiger partial charge in [-0.1, -0.05) is 38.2 Å². The molecule has 10 heteroatoms. The molecule has 0 N–H and O–H groups in total. The summed E-state index contributed by atoms with van der Waals surface area (Å²) in [4.78, 5) is 22.5. The number of aromatic nitrogens is 1. The van der Waals surface area contributed by atoms with Crippen LogP contribution in [0.5, 0.6) is 5.75 Å². The first-order valence-corrected chi connectivity index (χ1v) is 13.5. The highest BCUT2D eigenvalue weighted by Gasteiger charge is 2.24.